The second-order valence-corrected chi connectivity index (χ2v) is 4.27. The monoisotopic (exact) mass is 149 g/mol. The second kappa shape index (κ2) is 2.10. The number of allylic oxidation sites excluding steroid dienone is 2. The minimum atomic E-state index is 0.877. The maximum atomic E-state index is 3.72. The van der Waals surface area contributed by atoms with E-state index in [1.807, 2.05) is 0 Å². The molecule has 0 unspecified atom stereocenters. The molecule has 1 N–H and O–H groups in total. The largest absolute Gasteiger partial charge is 0.311 e. The molecule has 2 saturated carbocycles. The summed E-state index contributed by atoms with van der Waals surface area (Å²) < 4.78 is 0. The van der Waals surface area contributed by atoms with Gasteiger partial charge in [0.1, 0.15) is 0 Å². The average Bonchev–Trinajstić information content (AvgIpc) is 2.71. The Kier molecular flexibility index (Phi) is 1.19. The van der Waals surface area contributed by atoms with Crippen LogP contribution in [0.3, 0.4) is 0 Å². The van der Waals surface area contributed by atoms with Gasteiger partial charge in [0.05, 0.1) is 0 Å². The Morgan fingerprint density at radius 2 is 2.18 bits per heavy atom. The lowest BCUT2D eigenvalue weighted by atomic mass is 9.71. The highest BCUT2D eigenvalue weighted by Crippen LogP contribution is 2.43. The molecular formula is C10H15N. The zero-order chi connectivity index (χ0) is 7.26. The van der Waals surface area contributed by atoms with Gasteiger partial charge in [0.2, 0.25) is 0 Å². The van der Waals surface area contributed by atoms with Crippen LogP contribution >= 0.6 is 0 Å². The normalized spacial score (nSPS) is 47.1. The minimum Gasteiger partial charge on any atom is -0.311 e. The Morgan fingerprint density at radius 3 is 2.91 bits per heavy atom. The predicted octanol–water partition coefficient (Wildman–Crippen LogP) is 1.70. The smallest absolute Gasteiger partial charge is 0.0112 e. The summed E-state index contributed by atoms with van der Waals surface area (Å²) in [5, 5.41) is 3.72. The van der Waals surface area contributed by atoms with Crippen molar-refractivity contribution in [3.8, 4) is 0 Å². The Morgan fingerprint density at radius 1 is 1.27 bits per heavy atom. The molecule has 0 heterocycles. The van der Waals surface area contributed by atoms with E-state index in [1.165, 1.54) is 25.7 Å². The van der Waals surface area contributed by atoms with Crippen molar-refractivity contribution in [2.24, 2.45) is 11.8 Å². The van der Waals surface area contributed by atoms with E-state index in [4.69, 9.17) is 0 Å². The summed E-state index contributed by atoms with van der Waals surface area (Å²) in [6.45, 7) is 0. The zero-order valence-corrected chi connectivity index (χ0v) is 6.79. The van der Waals surface area contributed by atoms with Crippen molar-refractivity contribution >= 4 is 0 Å². The number of rotatable bonds is 2. The summed E-state index contributed by atoms with van der Waals surface area (Å²) in [6, 6.07) is 1.78. The lowest BCUT2D eigenvalue weighted by molar-refractivity contribution is 0.158. The molecule has 1 nitrogen and oxygen atoms in total. The van der Waals surface area contributed by atoms with Gasteiger partial charge in [-0.15, -0.1) is 0 Å². The van der Waals surface area contributed by atoms with Crippen molar-refractivity contribution in [3.63, 3.8) is 0 Å². The van der Waals surface area contributed by atoms with Gasteiger partial charge in [-0.1, -0.05) is 12.2 Å². The van der Waals surface area contributed by atoms with Gasteiger partial charge in [-0.2, -0.15) is 0 Å². The third kappa shape index (κ3) is 0.943. The number of hydrogen-bond donors (Lipinski definition) is 1. The van der Waals surface area contributed by atoms with Crippen LogP contribution in [0.15, 0.2) is 12.2 Å². The fourth-order valence-electron chi connectivity index (χ4n) is 2.46. The second-order valence-electron chi connectivity index (χ2n) is 4.27. The van der Waals surface area contributed by atoms with Crippen LogP contribution in [-0.4, -0.2) is 12.1 Å². The molecule has 3 atom stereocenters. The van der Waals surface area contributed by atoms with Gasteiger partial charge >= 0.3 is 0 Å². The van der Waals surface area contributed by atoms with Crippen LogP contribution in [0.4, 0.5) is 0 Å². The molecule has 2 fully saturated rings. The van der Waals surface area contributed by atoms with E-state index in [0.29, 0.717) is 0 Å². The van der Waals surface area contributed by atoms with Gasteiger partial charge in [0.25, 0.3) is 0 Å². The van der Waals surface area contributed by atoms with Crippen LogP contribution in [0.25, 0.3) is 0 Å². The van der Waals surface area contributed by atoms with Crippen molar-refractivity contribution < 1.29 is 0 Å². The summed E-state index contributed by atoms with van der Waals surface area (Å²) in [5.74, 6) is 1.93. The molecule has 0 radical (unpaired) electrons. The summed E-state index contributed by atoms with van der Waals surface area (Å²) in [7, 11) is 0. The fraction of sp³-hybridized carbons (Fsp3) is 0.800. The van der Waals surface area contributed by atoms with Crippen molar-refractivity contribution in [1.29, 1.82) is 0 Å². The van der Waals surface area contributed by atoms with E-state index in [1.54, 1.807) is 0 Å². The van der Waals surface area contributed by atoms with Crippen molar-refractivity contribution in [2.45, 2.75) is 37.8 Å². The highest BCUT2D eigenvalue weighted by molar-refractivity contribution is 5.13. The molecule has 0 aliphatic heterocycles. The molecule has 1 heteroatoms. The topological polar surface area (TPSA) is 12.0 Å². The molecule has 3 rings (SSSR count). The first kappa shape index (κ1) is 6.24. The van der Waals surface area contributed by atoms with E-state index in [9.17, 15) is 0 Å². The van der Waals surface area contributed by atoms with Crippen LogP contribution in [-0.2, 0) is 0 Å². The van der Waals surface area contributed by atoms with E-state index in [2.05, 4.69) is 17.5 Å². The molecule has 3 aliphatic carbocycles. The summed E-state index contributed by atoms with van der Waals surface area (Å²) in [6.07, 6.45) is 10.4. The van der Waals surface area contributed by atoms with Gasteiger partial charge in [0, 0.05) is 12.1 Å². The van der Waals surface area contributed by atoms with Crippen molar-refractivity contribution in [2.75, 3.05) is 0 Å². The van der Waals surface area contributed by atoms with Gasteiger partial charge in [0.15, 0.2) is 0 Å². The Labute approximate surface area is 67.9 Å². The van der Waals surface area contributed by atoms with Crippen molar-refractivity contribution in [3.05, 3.63) is 12.2 Å². The standard InChI is InChI=1S/C10H15N/c1-2-7-6-10(9(7)3-1)11-8-4-5-8/h1-2,7-11H,3-6H2/t7-,9+,10-/m0/s1. The molecule has 60 valence electrons. The van der Waals surface area contributed by atoms with E-state index in [0.717, 1.165) is 23.9 Å². The van der Waals surface area contributed by atoms with Crippen molar-refractivity contribution in [1.82, 2.24) is 5.32 Å². The Balaban J connectivity index is 1.58. The van der Waals surface area contributed by atoms with E-state index in [-0.39, 0.29) is 0 Å². The van der Waals surface area contributed by atoms with Gasteiger partial charge in [-0.25, -0.2) is 0 Å². The first-order chi connectivity index (χ1) is 5.43. The van der Waals surface area contributed by atoms with Crippen LogP contribution in [0.2, 0.25) is 0 Å². The van der Waals surface area contributed by atoms with E-state index < -0.39 is 0 Å². The highest BCUT2D eigenvalue weighted by atomic mass is 15.0. The number of hydrogen-bond acceptors (Lipinski definition) is 1. The Bertz CT molecular complexity index is 193. The summed E-state index contributed by atoms with van der Waals surface area (Å²) in [4.78, 5) is 0. The average molecular weight is 149 g/mol. The van der Waals surface area contributed by atoms with Crippen LogP contribution in [0, 0.1) is 11.8 Å². The number of nitrogens with one attached hydrogen (secondary N) is 1. The highest BCUT2D eigenvalue weighted by Gasteiger charge is 2.42. The molecule has 0 spiro atoms. The molecule has 0 bridgehead atoms. The minimum absolute atomic E-state index is 0.877. The lowest BCUT2D eigenvalue weighted by Crippen LogP contribution is -2.48. The third-order valence-electron chi connectivity index (χ3n) is 3.41. The first-order valence-corrected chi connectivity index (χ1v) is 4.86. The molecule has 0 aromatic rings. The maximum absolute atomic E-state index is 3.72. The SMILES string of the molecule is C1=C[C@H]2C[C@H](NC3CC3)[C@@H]2C1. The molecule has 0 aromatic heterocycles. The fourth-order valence-corrected chi connectivity index (χ4v) is 2.46. The summed E-state index contributed by atoms with van der Waals surface area (Å²) >= 11 is 0. The third-order valence-corrected chi connectivity index (χ3v) is 3.41. The molecule has 0 saturated heterocycles. The molecule has 3 aliphatic rings. The van der Waals surface area contributed by atoms with Gasteiger partial charge < -0.3 is 5.32 Å². The van der Waals surface area contributed by atoms with Gasteiger partial charge in [-0.3, -0.25) is 0 Å². The lowest BCUT2D eigenvalue weighted by Gasteiger charge is -2.41. The molecular weight excluding hydrogens is 134 g/mol. The molecule has 0 amide bonds. The van der Waals surface area contributed by atoms with Gasteiger partial charge in [-0.05, 0) is 37.5 Å². The number of fused-ring (bicyclic) bond motifs is 1. The maximum Gasteiger partial charge on any atom is 0.0112 e. The quantitative estimate of drug-likeness (QED) is 0.589. The van der Waals surface area contributed by atoms with Crippen LogP contribution < -0.4 is 5.32 Å². The summed E-state index contributed by atoms with van der Waals surface area (Å²) in [5.41, 5.74) is 0. The van der Waals surface area contributed by atoms with Crippen LogP contribution in [0.5, 0.6) is 0 Å². The van der Waals surface area contributed by atoms with Crippen LogP contribution in [0.1, 0.15) is 25.7 Å². The zero-order valence-electron chi connectivity index (χ0n) is 6.79. The predicted molar refractivity (Wildman–Crippen MR) is 45.3 cm³/mol. The molecule has 0 aromatic carbocycles. The Hall–Kier alpha value is -0.300. The molecule has 11 heavy (non-hydrogen) atoms. The first-order valence-electron chi connectivity index (χ1n) is 4.86. The van der Waals surface area contributed by atoms with E-state index >= 15 is 0 Å².